The van der Waals surface area contributed by atoms with Crippen molar-refractivity contribution in [3.63, 3.8) is 0 Å². The Hall–Kier alpha value is -2.03. The van der Waals surface area contributed by atoms with Gasteiger partial charge in [-0.3, -0.25) is 4.90 Å². The van der Waals surface area contributed by atoms with Crippen LogP contribution in [0, 0.1) is 6.92 Å². The molecular weight excluding hydrogens is 394 g/mol. The molecule has 28 heavy (non-hydrogen) atoms. The van der Waals surface area contributed by atoms with Gasteiger partial charge in [0, 0.05) is 9.75 Å². The second kappa shape index (κ2) is 8.14. The maximum Gasteiger partial charge on any atom is 0.415 e. The van der Waals surface area contributed by atoms with Crippen LogP contribution in [-0.2, 0) is 11.3 Å². The number of thiophene rings is 2. The van der Waals surface area contributed by atoms with Crippen molar-refractivity contribution in [2.45, 2.75) is 59.3 Å². The van der Waals surface area contributed by atoms with Crippen LogP contribution < -0.4 is 4.90 Å². The third kappa shape index (κ3) is 4.34. The van der Waals surface area contributed by atoms with E-state index in [1.807, 2.05) is 52.1 Å². The third-order valence-electron chi connectivity index (χ3n) is 4.21. The molecule has 1 amide bonds. The van der Waals surface area contributed by atoms with E-state index in [-0.39, 0.29) is 0 Å². The number of rotatable bonds is 5. The molecule has 0 bridgehead atoms. The molecule has 150 valence electrons. The number of carbonyl (C=O) groups is 1. The Kier molecular flexibility index (Phi) is 6.02. The molecule has 3 heterocycles. The molecule has 0 unspecified atom stereocenters. The van der Waals surface area contributed by atoms with Gasteiger partial charge in [-0.2, -0.15) is 5.10 Å². The molecule has 0 radical (unpaired) electrons. The number of aliphatic hydroxyl groups excluding tert-OH is 1. The molecule has 8 heteroatoms. The Morgan fingerprint density at radius 3 is 2.75 bits per heavy atom. The van der Waals surface area contributed by atoms with E-state index in [9.17, 15) is 9.90 Å². The van der Waals surface area contributed by atoms with Crippen LogP contribution >= 0.6 is 22.7 Å². The zero-order valence-electron chi connectivity index (χ0n) is 16.7. The Morgan fingerprint density at radius 2 is 2.14 bits per heavy atom. The SMILES string of the molecule is CC[C@@H](O)c1sc2c(N(Cc3cccs3)C(=O)OC(C)(C)C)cnnc2c1C. The number of nitrogens with zero attached hydrogens (tertiary/aromatic N) is 3. The van der Waals surface area contributed by atoms with Crippen LogP contribution in [0.3, 0.4) is 0 Å². The zero-order chi connectivity index (χ0) is 20.5. The molecule has 0 spiro atoms. The van der Waals surface area contributed by atoms with Gasteiger partial charge in [0.2, 0.25) is 0 Å². The predicted octanol–water partition coefficient (Wildman–Crippen LogP) is 5.45. The van der Waals surface area contributed by atoms with Crippen LogP contribution in [0.4, 0.5) is 10.5 Å². The fraction of sp³-hybridized carbons (Fsp3) is 0.450. The number of hydrogen-bond donors (Lipinski definition) is 1. The van der Waals surface area contributed by atoms with Gasteiger partial charge in [0.25, 0.3) is 0 Å². The summed E-state index contributed by atoms with van der Waals surface area (Å²) in [5, 5.41) is 20.7. The third-order valence-corrected chi connectivity index (χ3v) is 6.48. The maximum absolute atomic E-state index is 13.0. The molecule has 3 aromatic heterocycles. The van der Waals surface area contributed by atoms with Gasteiger partial charge in [-0.15, -0.1) is 27.8 Å². The summed E-state index contributed by atoms with van der Waals surface area (Å²) in [6.45, 7) is 9.79. The van der Waals surface area contributed by atoms with Crippen molar-refractivity contribution in [1.29, 1.82) is 0 Å². The molecule has 6 nitrogen and oxygen atoms in total. The second-order valence-electron chi connectivity index (χ2n) is 7.57. The first kappa shape index (κ1) is 20.7. The van der Waals surface area contributed by atoms with E-state index < -0.39 is 17.8 Å². The number of carbonyl (C=O) groups excluding carboxylic acids is 1. The van der Waals surface area contributed by atoms with Gasteiger partial charge < -0.3 is 9.84 Å². The molecule has 0 saturated heterocycles. The standard InChI is InChI=1S/C20H25N3O3S2/c1-6-15(24)17-12(2)16-18(28-17)14(10-21-22-16)23(11-13-8-7-9-27-13)19(25)26-20(3,4)5/h7-10,15,24H,6,11H2,1-5H3/t15-/m1/s1. The summed E-state index contributed by atoms with van der Waals surface area (Å²) in [6, 6.07) is 3.94. The predicted molar refractivity (Wildman–Crippen MR) is 114 cm³/mol. The Morgan fingerprint density at radius 1 is 1.39 bits per heavy atom. The van der Waals surface area contributed by atoms with Gasteiger partial charge >= 0.3 is 6.09 Å². The Bertz CT molecular complexity index is 961. The molecule has 3 rings (SSSR count). The van der Waals surface area contributed by atoms with Crippen molar-refractivity contribution < 1.29 is 14.6 Å². The minimum atomic E-state index is -0.612. The van der Waals surface area contributed by atoms with Crippen LogP contribution in [0.1, 0.15) is 55.5 Å². The van der Waals surface area contributed by atoms with Crippen molar-refractivity contribution in [3.8, 4) is 0 Å². The minimum absolute atomic E-state index is 0.385. The van der Waals surface area contributed by atoms with Crippen LogP contribution in [0.2, 0.25) is 0 Å². The molecule has 1 N–H and O–H groups in total. The van der Waals surface area contributed by atoms with Crippen LogP contribution in [0.5, 0.6) is 0 Å². The topological polar surface area (TPSA) is 75.5 Å². The van der Waals surface area contributed by atoms with E-state index in [2.05, 4.69) is 10.2 Å². The molecule has 0 aliphatic rings. The van der Waals surface area contributed by atoms with Gasteiger partial charge in [-0.1, -0.05) is 13.0 Å². The lowest BCUT2D eigenvalue weighted by atomic mass is 10.1. The van der Waals surface area contributed by atoms with Crippen molar-refractivity contribution in [2.24, 2.45) is 0 Å². The summed E-state index contributed by atoms with van der Waals surface area (Å²) in [5.74, 6) is 0. The van der Waals surface area contributed by atoms with Crippen molar-refractivity contribution in [2.75, 3.05) is 4.90 Å². The van der Waals surface area contributed by atoms with E-state index in [0.717, 1.165) is 20.0 Å². The second-order valence-corrected chi connectivity index (χ2v) is 9.65. The largest absolute Gasteiger partial charge is 0.443 e. The first-order valence-electron chi connectivity index (χ1n) is 9.17. The first-order valence-corrected chi connectivity index (χ1v) is 10.9. The highest BCUT2D eigenvalue weighted by Crippen LogP contribution is 2.40. The summed E-state index contributed by atoms with van der Waals surface area (Å²) >= 11 is 3.04. The van der Waals surface area contributed by atoms with Crippen LogP contribution in [0.15, 0.2) is 23.7 Å². The highest BCUT2D eigenvalue weighted by molar-refractivity contribution is 7.20. The number of hydrogen-bond acceptors (Lipinski definition) is 7. The van der Waals surface area contributed by atoms with Crippen molar-refractivity contribution >= 4 is 44.7 Å². The molecule has 3 aromatic rings. The summed E-state index contributed by atoms with van der Waals surface area (Å²) < 4.78 is 6.49. The molecule has 0 fully saturated rings. The minimum Gasteiger partial charge on any atom is -0.443 e. The number of ether oxygens (including phenoxy) is 1. The summed E-state index contributed by atoms with van der Waals surface area (Å²) in [6.07, 6.45) is 1.22. The Labute approximate surface area is 172 Å². The molecule has 1 atom stereocenters. The van der Waals surface area contributed by atoms with Gasteiger partial charge in [-0.05, 0) is 51.1 Å². The number of anilines is 1. The molecule has 0 aliphatic carbocycles. The summed E-state index contributed by atoms with van der Waals surface area (Å²) in [7, 11) is 0. The van der Waals surface area contributed by atoms with Gasteiger partial charge in [0.15, 0.2) is 0 Å². The average Bonchev–Trinajstić information content (AvgIpc) is 3.25. The van der Waals surface area contributed by atoms with Gasteiger partial charge in [-0.25, -0.2) is 4.79 Å². The highest BCUT2D eigenvalue weighted by atomic mass is 32.1. The lowest BCUT2D eigenvalue weighted by Gasteiger charge is -2.27. The van der Waals surface area contributed by atoms with E-state index in [1.165, 1.54) is 11.3 Å². The maximum atomic E-state index is 13.0. The zero-order valence-corrected chi connectivity index (χ0v) is 18.4. The van der Waals surface area contributed by atoms with Gasteiger partial charge in [0.05, 0.1) is 29.2 Å². The number of amides is 1. The smallest absolute Gasteiger partial charge is 0.415 e. The fourth-order valence-corrected chi connectivity index (χ4v) is 4.86. The molecular formula is C20H25N3O3S2. The molecule has 0 aromatic carbocycles. The Balaban J connectivity index is 2.11. The van der Waals surface area contributed by atoms with E-state index in [1.54, 1.807) is 22.4 Å². The molecule has 0 aliphatic heterocycles. The van der Waals surface area contributed by atoms with Crippen LogP contribution in [-0.4, -0.2) is 27.0 Å². The van der Waals surface area contributed by atoms with E-state index in [4.69, 9.17) is 4.74 Å². The number of aromatic nitrogens is 2. The lowest BCUT2D eigenvalue weighted by Crippen LogP contribution is -2.36. The first-order chi connectivity index (χ1) is 13.2. The van der Waals surface area contributed by atoms with E-state index >= 15 is 0 Å². The quantitative estimate of drug-likeness (QED) is 0.595. The van der Waals surface area contributed by atoms with Crippen molar-refractivity contribution in [1.82, 2.24) is 10.2 Å². The number of fused-ring (bicyclic) bond motifs is 1. The van der Waals surface area contributed by atoms with Crippen LogP contribution in [0.25, 0.3) is 10.2 Å². The monoisotopic (exact) mass is 419 g/mol. The van der Waals surface area contributed by atoms with Gasteiger partial charge in [0.1, 0.15) is 11.1 Å². The summed E-state index contributed by atoms with van der Waals surface area (Å²) in [4.78, 5) is 16.5. The molecule has 0 saturated carbocycles. The normalized spacial score (nSPS) is 12.9. The average molecular weight is 420 g/mol. The number of aliphatic hydroxyl groups is 1. The fourth-order valence-electron chi connectivity index (χ4n) is 2.83. The summed E-state index contributed by atoms with van der Waals surface area (Å²) in [5.41, 5.74) is 1.66. The highest BCUT2D eigenvalue weighted by Gasteiger charge is 2.28. The number of aryl methyl sites for hydroxylation is 1. The lowest BCUT2D eigenvalue weighted by molar-refractivity contribution is 0.0578. The van der Waals surface area contributed by atoms with Crippen molar-refractivity contribution in [3.05, 3.63) is 39.0 Å². The van der Waals surface area contributed by atoms with E-state index in [0.29, 0.717) is 24.2 Å².